The van der Waals surface area contributed by atoms with E-state index in [9.17, 15) is 9.59 Å². The van der Waals surface area contributed by atoms with Crippen molar-refractivity contribution in [1.82, 2.24) is 4.90 Å². The van der Waals surface area contributed by atoms with Crippen molar-refractivity contribution in [2.24, 2.45) is 0 Å². The quantitative estimate of drug-likeness (QED) is 0.747. The van der Waals surface area contributed by atoms with Crippen LogP contribution in [0.2, 0.25) is 0 Å². The number of hydrogen-bond donors (Lipinski definition) is 2. The first-order valence-electron chi connectivity index (χ1n) is 6.04. The van der Waals surface area contributed by atoms with Crippen LogP contribution in [0.4, 0.5) is 10.5 Å². The summed E-state index contributed by atoms with van der Waals surface area (Å²) in [6.07, 6.45) is 1.48. The third kappa shape index (κ3) is 4.74. The molecule has 1 aromatic carbocycles. The Balaban J connectivity index is 2.81. The maximum absolute atomic E-state index is 12.1. The number of para-hydroxylation sites is 1. The Morgan fingerprint density at radius 3 is 2.75 bits per heavy atom. The van der Waals surface area contributed by atoms with Crippen LogP contribution in [0.5, 0.6) is 0 Å². The number of amides is 2. The molecule has 0 aromatic heterocycles. The van der Waals surface area contributed by atoms with E-state index in [1.165, 1.54) is 6.08 Å². The number of nitrogens with one attached hydrogen (secondary N) is 1. The van der Waals surface area contributed by atoms with Crippen molar-refractivity contribution in [1.29, 1.82) is 0 Å². The Kier molecular flexibility index (Phi) is 6.25. The number of rotatable bonds is 7. The molecular weight excluding hydrogens is 260 g/mol. The van der Waals surface area contributed by atoms with Gasteiger partial charge in [0.15, 0.2) is 0 Å². The molecule has 0 atom stereocenters. The van der Waals surface area contributed by atoms with Gasteiger partial charge in [-0.3, -0.25) is 4.79 Å². The van der Waals surface area contributed by atoms with Crippen LogP contribution < -0.4 is 5.32 Å². The molecule has 0 aliphatic heterocycles. The van der Waals surface area contributed by atoms with Crippen LogP contribution in [0.25, 0.3) is 0 Å². The van der Waals surface area contributed by atoms with Crippen molar-refractivity contribution in [2.45, 2.75) is 6.61 Å². The zero-order valence-electron chi connectivity index (χ0n) is 11.3. The van der Waals surface area contributed by atoms with E-state index < -0.39 is 12.0 Å². The molecule has 0 aliphatic rings. The highest BCUT2D eigenvalue weighted by Gasteiger charge is 2.16. The van der Waals surface area contributed by atoms with Crippen LogP contribution in [-0.4, -0.2) is 42.2 Å². The van der Waals surface area contributed by atoms with Crippen LogP contribution in [0.1, 0.15) is 5.56 Å². The van der Waals surface area contributed by atoms with Gasteiger partial charge in [0.05, 0.1) is 6.61 Å². The molecule has 0 heterocycles. The van der Waals surface area contributed by atoms with Gasteiger partial charge in [0.25, 0.3) is 0 Å². The normalized spacial score (nSPS) is 9.85. The molecule has 108 valence electrons. The van der Waals surface area contributed by atoms with Gasteiger partial charge in [-0.15, -0.1) is 6.58 Å². The SMILES string of the molecule is C=CCN(CC(=O)O)C(=O)Nc1ccccc1COC. The highest BCUT2D eigenvalue weighted by molar-refractivity contribution is 5.92. The standard InChI is InChI=1S/C14H18N2O4/c1-3-8-16(9-13(17)18)14(19)15-12-7-5-4-6-11(12)10-20-2/h3-7H,1,8-10H2,2H3,(H,15,19)(H,17,18). The number of benzene rings is 1. The lowest BCUT2D eigenvalue weighted by Crippen LogP contribution is -2.39. The summed E-state index contributed by atoms with van der Waals surface area (Å²) in [5, 5.41) is 11.5. The number of ether oxygens (including phenoxy) is 1. The maximum Gasteiger partial charge on any atom is 0.323 e. The third-order valence-electron chi connectivity index (χ3n) is 2.52. The van der Waals surface area contributed by atoms with Crippen LogP contribution in [0.3, 0.4) is 0 Å². The average molecular weight is 278 g/mol. The van der Waals surface area contributed by atoms with Crippen molar-refractivity contribution in [3.63, 3.8) is 0 Å². The first kappa shape index (κ1) is 15.7. The number of hydrogen-bond acceptors (Lipinski definition) is 3. The van der Waals surface area contributed by atoms with E-state index >= 15 is 0 Å². The number of nitrogens with zero attached hydrogens (tertiary/aromatic N) is 1. The number of carboxylic acids is 1. The fourth-order valence-electron chi connectivity index (χ4n) is 1.66. The van der Waals surface area contributed by atoms with Crippen molar-refractivity contribution in [3.05, 3.63) is 42.5 Å². The van der Waals surface area contributed by atoms with Gasteiger partial charge in [-0.05, 0) is 6.07 Å². The lowest BCUT2D eigenvalue weighted by Gasteiger charge is -2.20. The minimum atomic E-state index is -1.08. The van der Waals surface area contributed by atoms with Crippen LogP contribution in [-0.2, 0) is 16.1 Å². The van der Waals surface area contributed by atoms with Gasteiger partial charge < -0.3 is 20.1 Å². The molecule has 0 saturated heterocycles. The topological polar surface area (TPSA) is 78.9 Å². The number of aliphatic carboxylic acids is 1. The summed E-state index contributed by atoms with van der Waals surface area (Å²) in [6.45, 7) is 3.64. The van der Waals surface area contributed by atoms with E-state index in [0.717, 1.165) is 10.5 Å². The molecule has 0 unspecified atom stereocenters. The lowest BCUT2D eigenvalue weighted by atomic mass is 10.2. The number of urea groups is 1. The molecule has 20 heavy (non-hydrogen) atoms. The van der Waals surface area contributed by atoms with Crippen molar-refractivity contribution < 1.29 is 19.4 Å². The minimum Gasteiger partial charge on any atom is -0.480 e. The molecular formula is C14H18N2O4. The summed E-state index contributed by atoms with van der Waals surface area (Å²) in [5.41, 5.74) is 1.41. The second kappa shape index (κ2) is 7.96. The first-order valence-corrected chi connectivity index (χ1v) is 6.04. The van der Waals surface area contributed by atoms with Gasteiger partial charge in [-0.25, -0.2) is 4.79 Å². The second-order valence-corrected chi connectivity index (χ2v) is 4.08. The number of anilines is 1. The van der Waals surface area contributed by atoms with E-state index in [-0.39, 0.29) is 13.1 Å². The zero-order valence-corrected chi connectivity index (χ0v) is 11.3. The molecule has 0 fully saturated rings. The third-order valence-corrected chi connectivity index (χ3v) is 2.52. The van der Waals surface area contributed by atoms with Gasteiger partial charge in [0.1, 0.15) is 6.54 Å². The highest BCUT2D eigenvalue weighted by Crippen LogP contribution is 2.16. The number of carbonyl (C=O) groups excluding carboxylic acids is 1. The minimum absolute atomic E-state index is 0.157. The fraction of sp³-hybridized carbons (Fsp3) is 0.286. The summed E-state index contributed by atoms with van der Waals surface area (Å²) in [5.74, 6) is -1.08. The summed E-state index contributed by atoms with van der Waals surface area (Å²) < 4.78 is 5.05. The molecule has 0 spiro atoms. The lowest BCUT2D eigenvalue weighted by molar-refractivity contribution is -0.137. The Bertz CT molecular complexity index is 488. The summed E-state index contributed by atoms with van der Waals surface area (Å²) in [6, 6.07) is 6.69. The summed E-state index contributed by atoms with van der Waals surface area (Å²) in [7, 11) is 1.56. The number of methoxy groups -OCH3 is 1. The Morgan fingerprint density at radius 2 is 2.15 bits per heavy atom. The van der Waals surface area contributed by atoms with Crippen molar-refractivity contribution >= 4 is 17.7 Å². The number of carboxylic acid groups (broad SMARTS) is 1. The van der Waals surface area contributed by atoms with Gasteiger partial charge in [0.2, 0.25) is 0 Å². The van der Waals surface area contributed by atoms with Crippen LogP contribution in [0, 0.1) is 0 Å². The van der Waals surface area contributed by atoms with E-state index in [4.69, 9.17) is 9.84 Å². The Hall–Kier alpha value is -2.34. The van der Waals surface area contributed by atoms with E-state index in [1.54, 1.807) is 19.2 Å². The molecule has 1 rings (SSSR count). The van der Waals surface area contributed by atoms with Crippen LogP contribution >= 0.6 is 0 Å². The van der Waals surface area contributed by atoms with Crippen molar-refractivity contribution in [3.8, 4) is 0 Å². The predicted molar refractivity (Wildman–Crippen MR) is 75.6 cm³/mol. The smallest absolute Gasteiger partial charge is 0.323 e. The molecule has 2 N–H and O–H groups in total. The van der Waals surface area contributed by atoms with Crippen molar-refractivity contribution in [2.75, 3.05) is 25.5 Å². The highest BCUT2D eigenvalue weighted by atomic mass is 16.5. The van der Waals surface area contributed by atoms with Gasteiger partial charge in [-0.2, -0.15) is 0 Å². The van der Waals surface area contributed by atoms with Gasteiger partial charge in [0, 0.05) is 24.9 Å². The average Bonchev–Trinajstić information content (AvgIpc) is 2.40. The second-order valence-electron chi connectivity index (χ2n) is 4.08. The van der Waals surface area contributed by atoms with E-state index in [1.807, 2.05) is 12.1 Å². The molecule has 0 saturated carbocycles. The zero-order chi connectivity index (χ0) is 15.0. The predicted octanol–water partition coefficient (Wildman–Crippen LogP) is 1.94. The van der Waals surface area contributed by atoms with E-state index in [0.29, 0.717) is 12.3 Å². The van der Waals surface area contributed by atoms with Gasteiger partial charge >= 0.3 is 12.0 Å². The molecule has 0 aliphatic carbocycles. The molecule has 1 aromatic rings. The maximum atomic E-state index is 12.1. The number of carbonyl (C=O) groups is 2. The van der Waals surface area contributed by atoms with Crippen LogP contribution in [0.15, 0.2) is 36.9 Å². The van der Waals surface area contributed by atoms with E-state index in [2.05, 4.69) is 11.9 Å². The summed E-state index contributed by atoms with van der Waals surface area (Å²) in [4.78, 5) is 23.9. The molecule has 6 heteroatoms. The summed E-state index contributed by atoms with van der Waals surface area (Å²) >= 11 is 0. The van der Waals surface area contributed by atoms with Gasteiger partial charge in [-0.1, -0.05) is 24.3 Å². The monoisotopic (exact) mass is 278 g/mol. The Morgan fingerprint density at radius 1 is 1.45 bits per heavy atom. The largest absolute Gasteiger partial charge is 0.480 e. The fourth-order valence-corrected chi connectivity index (χ4v) is 1.66. The molecule has 0 bridgehead atoms. The molecule has 0 radical (unpaired) electrons. The first-order chi connectivity index (χ1) is 9.58. The molecule has 6 nitrogen and oxygen atoms in total. The Labute approximate surface area is 117 Å². The molecule has 2 amide bonds.